The van der Waals surface area contributed by atoms with Gasteiger partial charge in [0.15, 0.2) is 0 Å². The maximum Gasteiger partial charge on any atom is 0.0725 e. The van der Waals surface area contributed by atoms with Gasteiger partial charge in [-0.1, -0.05) is 66.7 Å². The van der Waals surface area contributed by atoms with Gasteiger partial charge in [0.2, 0.25) is 0 Å². The van der Waals surface area contributed by atoms with Crippen LogP contribution in [0.4, 0.5) is 0 Å². The molecular weight excluding hydrogens is 292 g/mol. The molecule has 4 aromatic rings. The number of nitrogens with zero attached hydrogens (tertiary/aromatic N) is 2. The summed E-state index contributed by atoms with van der Waals surface area (Å²) in [6.07, 6.45) is 1.89. The van der Waals surface area contributed by atoms with Crippen LogP contribution in [0, 0.1) is 0 Å². The molecule has 0 aliphatic rings. The molecule has 0 atom stereocenters. The average Bonchev–Trinajstić information content (AvgIpc) is 2.70. The van der Waals surface area contributed by atoms with Crippen molar-refractivity contribution in [2.45, 2.75) is 0 Å². The smallest absolute Gasteiger partial charge is 0.0725 e. The number of hydrogen-bond donors (Lipinski definition) is 0. The molecule has 4 rings (SSSR count). The molecule has 0 N–H and O–H groups in total. The monoisotopic (exact) mass is 308 g/mol. The average molecular weight is 308 g/mol. The summed E-state index contributed by atoms with van der Waals surface area (Å²) < 4.78 is 0. The number of rotatable bonds is 3. The SMILES string of the molecule is c1ccc(-c2ccc(-c3cccc(-c4ccccc4)n3)cn2)cc1. The third kappa shape index (κ3) is 2.95. The van der Waals surface area contributed by atoms with Crippen LogP contribution in [0.2, 0.25) is 0 Å². The van der Waals surface area contributed by atoms with E-state index in [2.05, 4.69) is 35.3 Å². The quantitative estimate of drug-likeness (QED) is 0.501. The molecule has 24 heavy (non-hydrogen) atoms. The van der Waals surface area contributed by atoms with E-state index in [1.54, 1.807) is 0 Å². The van der Waals surface area contributed by atoms with Crippen LogP contribution in [0.25, 0.3) is 33.8 Å². The number of pyridine rings is 2. The van der Waals surface area contributed by atoms with Crippen LogP contribution < -0.4 is 0 Å². The number of aromatic nitrogens is 2. The zero-order valence-electron chi connectivity index (χ0n) is 13.1. The van der Waals surface area contributed by atoms with Crippen LogP contribution in [0.3, 0.4) is 0 Å². The van der Waals surface area contributed by atoms with Gasteiger partial charge < -0.3 is 0 Å². The Morgan fingerprint density at radius 1 is 0.417 bits per heavy atom. The standard InChI is InChI=1S/C22H16N2/c1-3-8-17(9-4-1)20-15-14-19(16-23-20)22-13-7-12-21(24-22)18-10-5-2-6-11-18/h1-16H. The van der Waals surface area contributed by atoms with Crippen molar-refractivity contribution in [3.8, 4) is 33.8 Å². The Hall–Kier alpha value is -3.26. The van der Waals surface area contributed by atoms with E-state index in [9.17, 15) is 0 Å². The predicted octanol–water partition coefficient (Wildman–Crippen LogP) is 5.48. The van der Waals surface area contributed by atoms with Crippen molar-refractivity contribution in [2.24, 2.45) is 0 Å². The first-order valence-corrected chi connectivity index (χ1v) is 7.94. The molecule has 2 aromatic heterocycles. The molecule has 0 fully saturated rings. The lowest BCUT2D eigenvalue weighted by Gasteiger charge is -2.06. The van der Waals surface area contributed by atoms with E-state index in [-0.39, 0.29) is 0 Å². The zero-order valence-corrected chi connectivity index (χ0v) is 13.1. The summed E-state index contributed by atoms with van der Waals surface area (Å²) >= 11 is 0. The minimum Gasteiger partial charge on any atom is -0.256 e. The van der Waals surface area contributed by atoms with Crippen molar-refractivity contribution in [3.63, 3.8) is 0 Å². The van der Waals surface area contributed by atoms with E-state index in [0.717, 1.165) is 33.8 Å². The maximum absolute atomic E-state index is 4.78. The predicted molar refractivity (Wildman–Crippen MR) is 98.3 cm³/mol. The van der Waals surface area contributed by atoms with Crippen LogP contribution in [0.15, 0.2) is 97.2 Å². The summed E-state index contributed by atoms with van der Waals surface area (Å²) in [6, 6.07) is 30.6. The second-order valence-corrected chi connectivity index (χ2v) is 5.57. The topological polar surface area (TPSA) is 25.8 Å². The van der Waals surface area contributed by atoms with Gasteiger partial charge >= 0.3 is 0 Å². The van der Waals surface area contributed by atoms with Crippen molar-refractivity contribution >= 4 is 0 Å². The lowest BCUT2D eigenvalue weighted by atomic mass is 10.1. The Morgan fingerprint density at radius 2 is 1.00 bits per heavy atom. The van der Waals surface area contributed by atoms with Gasteiger partial charge in [0.05, 0.1) is 17.1 Å². The van der Waals surface area contributed by atoms with E-state index in [1.165, 1.54) is 0 Å². The first-order chi connectivity index (χ1) is 11.9. The van der Waals surface area contributed by atoms with Gasteiger partial charge in [-0.25, -0.2) is 4.98 Å². The summed E-state index contributed by atoms with van der Waals surface area (Å²) in [5.74, 6) is 0. The lowest BCUT2D eigenvalue weighted by Crippen LogP contribution is -1.89. The Bertz CT molecular complexity index is 930. The maximum atomic E-state index is 4.78. The molecule has 2 heteroatoms. The van der Waals surface area contributed by atoms with E-state index in [0.29, 0.717) is 0 Å². The molecule has 0 bridgehead atoms. The van der Waals surface area contributed by atoms with Crippen molar-refractivity contribution in [3.05, 3.63) is 97.2 Å². The lowest BCUT2D eigenvalue weighted by molar-refractivity contribution is 1.28. The van der Waals surface area contributed by atoms with Gasteiger partial charge in [0.25, 0.3) is 0 Å². The molecule has 0 unspecified atom stereocenters. The van der Waals surface area contributed by atoms with Crippen molar-refractivity contribution in [1.82, 2.24) is 9.97 Å². The molecule has 0 aliphatic heterocycles. The molecule has 0 saturated carbocycles. The van der Waals surface area contributed by atoms with Gasteiger partial charge in [0, 0.05) is 22.9 Å². The zero-order chi connectivity index (χ0) is 16.2. The van der Waals surface area contributed by atoms with Crippen LogP contribution in [0.1, 0.15) is 0 Å². The summed E-state index contributed by atoms with van der Waals surface area (Å²) in [7, 11) is 0. The third-order valence-electron chi connectivity index (χ3n) is 3.95. The van der Waals surface area contributed by atoms with Gasteiger partial charge in [-0.15, -0.1) is 0 Å². The van der Waals surface area contributed by atoms with E-state index < -0.39 is 0 Å². The molecular formula is C22H16N2. The van der Waals surface area contributed by atoms with Crippen molar-refractivity contribution in [1.29, 1.82) is 0 Å². The van der Waals surface area contributed by atoms with Gasteiger partial charge in [-0.2, -0.15) is 0 Å². The molecule has 0 radical (unpaired) electrons. The highest BCUT2D eigenvalue weighted by Gasteiger charge is 2.04. The Balaban J connectivity index is 1.67. The summed E-state index contributed by atoms with van der Waals surface area (Å²) in [6.45, 7) is 0. The van der Waals surface area contributed by atoms with Crippen molar-refractivity contribution in [2.75, 3.05) is 0 Å². The van der Waals surface area contributed by atoms with Gasteiger partial charge in [-0.05, 0) is 24.3 Å². The van der Waals surface area contributed by atoms with Gasteiger partial charge in [-0.3, -0.25) is 4.98 Å². The molecule has 0 aliphatic carbocycles. The molecule has 0 saturated heterocycles. The molecule has 0 amide bonds. The summed E-state index contributed by atoms with van der Waals surface area (Å²) in [4.78, 5) is 9.36. The number of hydrogen-bond acceptors (Lipinski definition) is 2. The Labute approximate surface area is 141 Å². The third-order valence-corrected chi connectivity index (χ3v) is 3.95. The largest absolute Gasteiger partial charge is 0.256 e. The first-order valence-electron chi connectivity index (χ1n) is 7.94. The number of benzene rings is 2. The Kier molecular flexibility index (Phi) is 3.86. The fourth-order valence-corrected chi connectivity index (χ4v) is 2.69. The molecule has 0 spiro atoms. The first kappa shape index (κ1) is 14.3. The van der Waals surface area contributed by atoms with Crippen LogP contribution in [0.5, 0.6) is 0 Å². The molecule has 2 nitrogen and oxygen atoms in total. The minimum absolute atomic E-state index is 0.934. The molecule has 114 valence electrons. The summed E-state index contributed by atoms with van der Waals surface area (Å²) in [5, 5.41) is 0. The fourth-order valence-electron chi connectivity index (χ4n) is 2.69. The Morgan fingerprint density at radius 3 is 1.58 bits per heavy atom. The summed E-state index contributed by atoms with van der Waals surface area (Å²) in [5.41, 5.74) is 6.14. The second kappa shape index (κ2) is 6.47. The van der Waals surface area contributed by atoms with Gasteiger partial charge in [0.1, 0.15) is 0 Å². The second-order valence-electron chi connectivity index (χ2n) is 5.57. The molecule has 2 aromatic carbocycles. The van der Waals surface area contributed by atoms with E-state index >= 15 is 0 Å². The minimum atomic E-state index is 0.934. The van der Waals surface area contributed by atoms with E-state index in [1.807, 2.05) is 66.9 Å². The van der Waals surface area contributed by atoms with Crippen LogP contribution in [-0.4, -0.2) is 9.97 Å². The van der Waals surface area contributed by atoms with Crippen LogP contribution >= 0.6 is 0 Å². The van der Waals surface area contributed by atoms with E-state index in [4.69, 9.17) is 4.98 Å². The highest BCUT2D eigenvalue weighted by molar-refractivity contribution is 5.67. The highest BCUT2D eigenvalue weighted by Crippen LogP contribution is 2.24. The highest BCUT2D eigenvalue weighted by atomic mass is 14.7. The van der Waals surface area contributed by atoms with Crippen LogP contribution in [-0.2, 0) is 0 Å². The molecule has 2 heterocycles. The van der Waals surface area contributed by atoms with Crippen molar-refractivity contribution < 1.29 is 0 Å². The fraction of sp³-hybridized carbons (Fsp3) is 0. The normalized spacial score (nSPS) is 10.5.